The highest BCUT2D eigenvalue weighted by molar-refractivity contribution is 7.27. The predicted molar refractivity (Wildman–Crippen MR) is 75.9 cm³/mol. The highest BCUT2D eigenvalue weighted by Gasteiger charge is 2.13. The van der Waals surface area contributed by atoms with Crippen LogP contribution in [0, 0.1) is 0 Å². The fraction of sp³-hybridized carbons (Fsp3) is 0.455. The molecule has 5 N–H and O–H groups in total. The Morgan fingerprint density at radius 1 is 1.44 bits per heavy atom. The van der Waals surface area contributed by atoms with Gasteiger partial charge in [-0.05, 0) is 41.6 Å². The lowest BCUT2D eigenvalue weighted by molar-refractivity contribution is 0.288. The summed E-state index contributed by atoms with van der Waals surface area (Å²) in [5.41, 5.74) is 14.9. The van der Waals surface area contributed by atoms with Gasteiger partial charge in [0.15, 0.2) is 0 Å². The second kappa shape index (κ2) is 6.24. The van der Waals surface area contributed by atoms with Crippen LogP contribution >= 0.6 is 9.24 Å². The molecule has 1 rings (SSSR count). The number of nitrogen functional groups attached to an aromatic ring is 1. The molecule has 0 amide bonds. The maximum absolute atomic E-state index is 8.83. The van der Waals surface area contributed by atoms with Gasteiger partial charge in [-0.15, -0.1) is 9.24 Å². The van der Waals surface area contributed by atoms with Crippen molar-refractivity contribution in [2.45, 2.75) is 18.7 Å². The first-order valence-electron chi connectivity index (χ1n) is 5.59. The molecule has 88 valence electrons. The summed E-state index contributed by atoms with van der Waals surface area (Å²) in [4.78, 5) is 0. The third-order valence-electron chi connectivity index (χ3n) is 2.86. The van der Waals surface area contributed by atoms with E-state index in [2.05, 4.69) is 23.2 Å². The summed E-state index contributed by atoms with van der Waals surface area (Å²) in [6, 6.07) is 4.08. The monoisotopic (exact) mass is 238 g/mol. The lowest BCUT2D eigenvalue weighted by atomic mass is 9.79. The molecule has 0 aromatic heterocycles. The Hall–Kier alpha value is -0.565. The third kappa shape index (κ3) is 2.97. The fourth-order valence-corrected chi connectivity index (χ4v) is 2.39. The van der Waals surface area contributed by atoms with Gasteiger partial charge in [-0.2, -0.15) is 0 Å². The van der Waals surface area contributed by atoms with Gasteiger partial charge < -0.3 is 16.6 Å². The second-order valence-electron chi connectivity index (χ2n) is 4.11. The summed E-state index contributed by atoms with van der Waals surface area (Å²) < 4.78 is 0. The van der Waals surface area contributed by atoms with Crippen molar-refractivity contribution in [3.8, 4) is 0 Å². The van der Waals surface area contributed by atoms with E-state index >= 15 is 0 Å². The van der Waals surface area contributed by atoms with Crippen LogP contribution in [0.2, 0.25) is 0 Å². The molecule has 0 saturated carbocycles. The van der Waals surface area contributed by atoms with Crippen molar-refractivity contribution in [3.05, 3.63) is 23.3 Å². The minimum atomic E-state index is 0.198. The van der Waals surface area contributed by atoms with Crippen LogP contribution in [0.25, 0.3) is 0 Å². The van der Waals surface area contributed by atoms with E-state index < -0.39 is 0 Å². The molecular weight excluding hydrogens is 218 g/mol. The van der Waals surface area contributed by atoms with E-state index in [9.17, 15) is 0 Å². The van der Waals surface area contributed by atoms with Crippen molar-refractivity contribution in [2.75, 3.05) is 18.9 Å². The number of nitrogens with two attached hydrogens (primary N) is 2. The average molecular weight is 238 g/mol. The van der Waals surface area contributed by atoms with Gasteiger partial charge in [-0.3, -0.25) is 0 Å². The number of benzene rings is 1. The highest BCUT2D eigenvalue weighted by Crippen LogP contribution is 2.24. The Morgan fingerprint density at radius 3 is 2.69 bits per heavy atom. The lowest BCUT2D eigenvalue weighted by Gasteiger charge is -2.18. The second-order valence-corrected chi connectivity index (χ2v) is 4.73. The van der Waals surface area contributed by atoms with Crippen LogP contribution in [-0.2, 0) is 6.42 Å². The van der Waals surface area contributed by atoms with Gasteiger partial charge in [0.1, 0.15) is 7.85 Å². The standard InChI is InChI=1S/C11H20BN2OP/c12-8(6-13)10-9(16)4-3-7(11(10)14)2-1-5-15/h3-4,8,15H,1-2,5-6,12-14,16H2. The molecule has 0 spiro atoms. The van der Waals surface area contributed by atoms with E-state index in [1.165, 1.54) is 0 Å². The van der Waals surface area contributed by atoms with Crippen LogP contribution in [-0.4, -0.2) is 26.1 Å². The molecule has 5 heteroatoms. The smallest absolute Gasteiger partial charge is 0.112 e. The van der Waals surface area contributed by atoms with Gasteiger partial charge in [0, 0.05) is 12.3 Å². The molecule has 0 aliphatic carbocycles. The SMILES string of the molecule is BC(CN)c1c(P)ccc(CCCO)c1N. The summed E-state index contributed by atoms with van der Waals surface area (Å²) in [6.45, 7) is 0.791. The Kier molecular flexibility index (Phi) is 5.26. The minimum absolute atomic E-state index is 0.198. The lowest BCUT2D eigenvalue weighted by Crippen LogP contribution is -2.20. The van der Waals surface area contributed by atoms with Crippen LogP contribution in [0.3, 0.4) is 0 Å². The molecule has 2 atom stereocenters. The zero-order valence-electron chi connectivity index (χ0n) is 9.74. The molecule has 0 aliphatic rings. The summed E-state index contributed by atoms with van der Waals surface area (Å²) in [5.74, 6) is 0.265. The first-order chi connectivity index (χ1) is 7.61. The van der Waals surface area contributed by atoms with Gasteiger partial charge >= 0.3 is 0 Å². The van der Waals surface area contributed by atoms with Crippen molar-refractivity contribution >= 4 is 28.1 Å². The molecular formula is C11H20BN2OP. The Labute approximate surface area is 100 Å². The van der Waals surface area contributed by atoms with Crippen molar-refractivity contribution in [2.24, 2.45) is 5.73 Å². The summed E-state index contributed by atoms with van der Waals surface area (Å²) in [5, 5.41) is 9.95. The van der Waals surface area contributed by atoms with Crippen LogP contribution in [0.4, 0.5) is 5.69 Å². The van der Waals surface area contributed by atoms with Gasteiger partial charge in [0.2, 0.25) is 0 Å². The van der Waals surface area contributed by atoms with Crippen LogP contribution in [0.15, 0.2) is 12.1 Å². The zero-order valence-corrected chi connectivity index (χ0v) is 10.9. The third-order valence-corrected chi connectivity index (χ3v) is 3.37. The Morgan fingerprint density at radius 2 is 2.12 bits per heavy atom. The van der Waals surface area contributed by atoms with E-state index in [4.69, 9.17) is 16.6 Å². The van der Waals surface area contributed by atoms with E-state index in [0.717, 1.165) is 35.0 Å². The first kappa shape index (κ1) is 13.5. The molecule has 0 radical (unpaired) electrons. The predicted octanol–water partition coefficient (Wildman–Crippen LogP) is -0.673. The highest BCUT2D eigenvalue weighted by atomic mass is 31.0. The number of anilines is 1. The average Bonchev–Trinajstić information content (AvgIpc) is 2.28. The van der Waals surface area contributed by atoms with Crippen LogP contribution < -0.4 is 16.8 Å². The number of aryl methyl sites for hydroxylation is 1. The van der Waals surface area contributed by atoms with Crippen molar-refractivity contribution < 1.29 is 5.11 Å². The summed E-state index contributed by atoms with van der Waals surface area (Å²) >= 11 is 0. The molecule has 0 aliphatic heterocycles. The molecule has 1 aromatic rings. The van der Waals surface area contributed by atoms with Gasteiger partial charge in [0.05, 0.1) is 0 Å². The zero-order chi connectivity index (χ0) is 12.1. The number of aliphatic hydroxyl groups excluding tert-OH is 1. The van der Waals surface area contributed by atoms with Crippen LogP contribution in [0.5, 0.6) is 0 Å². The maximum atomic E-state index is 8.83. The van der Waals surface area contributed by atoms with E-state index in [1.54, 1.807) is 0 Å². The maximum Gasteiger partial charge on any atom is 0.112 e. The molecule has 0 bridgehead atoms. The molecule has 0 saturated heterocycles. The first-order valence-corrected chi connectivity index (χ1v) is 6.17. The fourth-order valence-electron chi connectivity index (χ4n) is 1.85. The number of rotatable bonds is 5. The van der Waals surface area contributed by atoms with Gasteiger partial charge in [0.25, 0.3) is 0 Å². The largest absolute Gasteiger partial charge is 0.398 e. The van der Waals surface area contributed by atoms with Crippen molar-refractivity contribution in [3.63, 3.8) is 0 Å². The molecule has 16 heavy (non-hydrogen) atoms. The van der Waals surface area contributed by atoms with Gasteiger partial charge in [-0.25, -0.2) is 0 Å². The molecule has 2 unspecified atom stereocenters. The Bertz CT molecular complexity index is 360. The Balaban J connectivity index is 3.06. The topological polar surface area (TPSA) is 72.3 Å². The quantitative estimate of drug-likeness (QED) is 0.362. The summed E-state index contributed by atoms with van der Waals surface area (Å²) in [7, 11) is 4.78. The number of hydrogen-bond acceptors (Lipinski definition) is 3. The normalized spacial score (nSPS) is 12.7. The van der Waals surface area contributed by atoms with Crippen LogP contribution in [0.1, 0.15) is 23.4 Å². The molecule has 3 nitrogen and oxygen atoms in total. The molecule has 0 heterocycles. The van der Waals surface area contributed by atoms with E-state index in [0.29, 0.717) is 6.54 Å². The molecule has 1 aromatic carbocycles. The van der Waals surface area contributed by atoms with E-state index in [1.807, 2.05) is 6.07 Å². The summed E-state index contributed by atoms with van der Waals surface area (Å²) in [6.07, 6.45) is 1.56. The van der Waals surface area contributed by atoms with Crippen molar-refractivity contribution in [1.29, 1.82) is 0 Å². The van der Waals surface area contributed by atoms with E-state index in [-0.39, 0.29) is 12.4 Å². The number of hydrogen-bond donors (Lipinski definition) is 3. The van der Waals surface area contributed by atoms with Gasteiger partial charge in [-0.1, -0.05) is 12.1 Å². The molecule has 0 fully saturated rings. The van der Waals surface area contributed by atoms with Crippen molar-refractivity contribution in [1.82, 2.24) is 0 Å². The number of aliphatic hydroxyl groups is 1. The minimum Gasteiger partial charge on any atom is -0.398 e.